The zero-order valence-electron chi connectivity index (χ0n) is 7.59. The third-order valence-corrected chi connectivity index (χ3v) is 2.95. The van der Waals surface area contributed by atoms with Crippen molar-refractivity contribution in [2.45, 2.75) is 51.4 Å². The van der Waals surface area contributed by atoms with Gasteiger partial charge in [-0.2, -0.15) is 0 Å². The molecule has 0 N–H and O–H groups in total. The molecule has 0 heterocycles. The van der Waals surface area contributed by atoms with Gasteiger partial charge in [0, 0.05) is 6.42 Å². The molecule has 1 rings (SSSR count). The summed E-state index contributed by atoms with van der Waals surface area (Å²) in [6.45, 7) is 0. The van der Waals surface area contributed by atoms with Gasteiger partial charge in [0.25, 0.3) is 0 Å². The second-order valence-corrected chi connectivity index (χ2v) is 4.29. The number of hydrogen-bond donors (Lipinski definition) is 1. The van der Waals surface area contributed by atoms with E-state index in [0.717, 1.165) is 12.3 Å². The SMILES string of the molecule is O=C(S)CCCC1CCCCC1. The van der Waals surface area contributed by atoms with Crippen molar-refractivity contribution in [1.82, 2.24) is 0 Å². The van der Waals surface area contributed by atoms with Crippen LogP contribution in [0, 0.1) is 5.92 Å². The van der Waals surface area contributed by atoms with Crippen molar-refractivity contribution in [1.29, 1.82) is 0 Å². The molecule has 1 saturated carbocycles. The molecule has 12 heavy (non-hydrogen) atoms. The van der Waals surface area contributed by atoms with E-state index in [-0.39, 0.29) is 5.12 Å². The van der Waals surface area contributed by atoms with Crippen LogP contribution in [0.15, 0.2) is 0 Å². The second-order valence-electron chi connectivity index (χ2n) is 3.79. The molecule has 0 aromatic carbocycles. The second kappa shape index (κ2) is 5.63. The molecule has 0 amide bonds. The molecule has 0 aliphatic heterocycles. The Morgan fingerprint density at radius 3 is 2.50 bits per heavy atom. The summed E-state index contributed by atoms with van der Waals surface area (Å²) in [6, 6.07) is 0. The van der Waals surface area contributed by atoms with E-state index in [2.05, 4.69) is 12.6 Å². The number of carbonyl (C=O) groups is 1. The van der Waals surface area contributed by atoms with Crippen LogP contribution in [0.1, 0.15) is 51.4 Å². The molecule has 1 nitrogen and oxygen atoms in total. The van der Waals surface area contributed by atoms with Gasteiger partial charge in [0.15, 0.2) is 5.12 Å². The summed E-state index contributed by atoms with van der Waals surface area (Å²) in [5.41, 5.74) is 0. The smallest absolute Gasteiger partial charge is 0.185 e. The number of thiol groups is 1. The van der Waals surface area contributed by atoms with Gasteiger partial charge in [0.1, 0.15) is 0 Å². The Morgan fingerprint density at radius 1 is 1.25 bits per heavy atom. The van der Waals surface area contributed by atoms with E-state index in [0.29, 0.717) is 6.42 Å². The van der Waals surface area contributed by atoms with Gasteiger partial charge in [-0.05, 0) is 18.8 Å². The Morgan fingerprint density at radius 2 is 1.92 bits per heavy atom. The molecular formula is C10H18OS. The fourth-order valence-electron chi connectivity index (χ4n) is 2.02. The van der Waals surface area contributed by atoms with Crippen molar-refractivity contribution in [3.8, 4) is 0 Å². The van der Waals surface area contributed by atoms with Gasteiger partial charge in [-0.3, -0.25) is 4.79 Å². The Bertz CT molecular complexity index is 139. The average Bonchev–Trinajstić information content (AvgIpc) is 2.05. The lowest BCUT2D eigenvalue weighted by Gasteiger charge is -2.20. The fourth-order valence-corrected chi connectivity index (χ4v) is 2.18. The van der Waals surface area contributed by atoms with Crippen LogP contribution < -0.4 is 0 Å². The van der Waals surface area contributed by atoms with Crippen LogP contribution in [0.3, 0.4) is 0 Å². The lowest BCUT2D eigenvalue weighted by Crippen LogP contribution is -2.06. The van der Waals surface area contributed by atoms with Crippen molar-refractivity contribution < 1.29 is 4.79 Å². The van der Waals surface area contributed by atoms with Crippen LogP contribution in [0.4, 0.5) is 0 Å². The average molecular weight is 186 g/mol. The standard InChI is InChI=1S/C10H18OS/c11-10(12)8-4-7-9-5-2-1-3-6-9/h9H,1-8H2,(H,11,12). The predicted octanol–water partition coefficient (Wildman–Crippen LogP) is 3.19. The summed E-state index contributed by atoms with van der Waals surface area (Å²) in [7, 11) is 0. The third kappa shape index (κ3) is 4.15. The van der Waals surface area contributed by atoms with Crippen LogP contribution >= 0.6 is 12.6 Å². The van der Waals surface area contributed by atoms with Crippen LogP contribution in [-0.2, 0) is 4.79 Å². The monoisotopic (exact) mass is 186 g/mol. The minimum Gasteiger partial charge on any atom is -0.288 e. The van der Waals surface area contributed by atoms with E-state index in [1.807, 2.05) is 0 Å². The summed E-state index contributed by atoms with van der Waals surface area (Å²) >= 11 is 3.76. The molecule has 0 bridgehead atoms. The molecule has 0 aromatic heterocycles. The van der Waals surface area contributed by atoms with Gasteiger partial charge in [-0.1, -0.05) is 32.1 Å². The molecule has 0 radical (unpaired) electrons. The molecule has 2 heteroatoms. The van der Waals surface area contributed by atoms with E-state index in [1.54, 1.807) is 0 Å². The Hall–Kier alpha value is 0.0200. The number of hydrogen-bond acceptors (Lipinski definition) is 1. The summed E-state index contributed by atoms with van der Waals surface area (Å²) in [6.07, 6.45) is 9.96. The number of rotatable bonds is 4. The van der Waals surface area contributed by atoms with Crippen LogP contribution in [0.5, 0.6) is 0 Å². The summed E-state index contributed by atoms with van der Waals surface area (Å²) in [5.74, 6) is 0.909. The zero-order chi connectivity index (χ0) is 8.81. The quantitative estimate of drug-likeness (QED) is 0.667. The minimum absolute atomic E-state index is 0.0470. The van der Waals surface area contributed by atoms with E-state index in [1.165, 1.54) is 38.5 Å². The van der Waals surface area contributed by atoms with Crippen molar-refractivity contribution in [2.24, 2.45) is 5.92 Å². The Kier molecular flexibility index (Phi) is 4.74. The van der Waals surface area contributed by atoms with E-state index in [4.69, 9.17) is 0 Å². The van der Waals surface area contributed by atoms with Crippen molar-refractivity contribution in [3.05, 3.63) is 0 Å². The van der Waals surface area contributed by atoms with Crippen molar-refractivity contribution in [3.63, 3.8) is 0 Å². The fraction of sp³-hybridized carbons (Fsp3) is 0.900. The maximum atomic E-state index is 10.5. The molecule has 0 aromatic rings. The maximum absolute atomic E-state index is 10.5. The molecular weight excluding hydrogens is 168 g/mol. The van der Waals surface area contributed by atoms with Gasteiger partial charge < -0.3 is 0 Å². The first-order valence-electron chi connectivity index (χ1n) is 5.01. The normalized spacial score (nSPS) is 19.4. The van der Waals surface area contributed by atoms with Gasteiger partial charge in [0.05, 0.1) is 0 Å². The first kappa shape index (κ1) is 10.1. The zero-order valence-corrected chi connectivity index (χ0v) is 8.48. The minimum atomic E-state index is 0.0470. The van der Waals surface area contributed by atoms with Gasteiger partial charge in [0.2, 0.25) is 0 Å². The van der Waals surface area contributed by atoms with Crippen LogP contribution in [-0.4, -0.2) is 5.12 Å². The van der Waals surface area contributed by atoms with Crippen molar-refractivity contribution in [2.75, 3.05) is 0 Å². The lowest BCUT2D eigenvalue weighted by molar-refractivity contribution is -0.110. The van der Waals surface area contributed by atoms with E-state index in [9.17, 15) is 4.79 Å². The third-order valence-electron chi connectivity index (χ3n) is 2.73. The molecule has 1 fully saturated rings. The number of carbonyl (C=O) groups excluding carboxylic acids is 1. The highest BCUT2D eigenvalue weighted by Crippen LogP contribution is 2.27. The van der Waals surface area contributed by atoms with Crippen LogP contribution in [0.25, 0.3) is 0 Å². The highest BCUT2D eigenvalue weighted by atomic mass is 32.1. The van der Waals surface area contributed by atoms with Crippen LogP contribution in [0.2, 0.25) is 0 Å². The van der Waals surface area contributed by atoms with Crippen molar-refractivity contribution >= 4 is 17.7 Å². The Labute approximate surface area is 80.3 Å². The first-order chi connectivity index (χ1) is 5.79. The molecule has 1 aliphatic carbocycles. The lowest BCUT2D eigenvalue weighted by atomic mass is 9.86. The topological polar surface area (TPSA) is 17.1 Å². The molecule has 70 valence electrons. The molecule has 0 saturated heterocycles. The Balaban J connectivity index is 2.01. The molecule has 0 atom stereocenters. The highest BCUT2D eigenvalue weighted by molar-refractivity contribution is 7.96. The van der Waals surface area contributed by atoms with Gasteiger partial charge >= 0.3 is 0 Å². The summed E-state index contributed by atoms with van der Waals surface area (Å²) in [5, 5.41) is 0.0470. The van der Waals surface area contributed by atoms with E-state index < -0.39 is 0 Å². The molecule has 1 aliphatic rings. The largest absolute Gasteiger partial charge is 0.288 e. The molecule has 0 unspecified atom stereocenters. The first-order valence-corrected chi connectivity index (χ1v) is 5.45. The van der Waals surface area contributed by atoms with Gasteiger partial charge in [-0.25, -0.2) is 0 Å². The maximum Gasteiger partial charge on any atom is 0.185 e. The van der Waals surface area contributed by atoms with Gasteiger partial charge in [-0.15, -0.1) is 12.6 Å². The summed E-state index contributed by atoms with van der Waals surface area (Å²) < 4.78 is 0. The van der Waals surface area contributed by atoms with E-state index >= 15 is 0 Å². The predicted molar refractivity (Wildman–Crippen MR) is 54.4 cm³/mol. The highest BCUT2D eigenvalue weighted by Gasteiger charge is 2.12. The summed E-state index contributed by atoms with van der Waals surface area (Å²) in [4.78, 5) is 10.5. The molecule has 0 spiro atoms.